The topological polar surface area (TPSA) is 75.6 Å². The average molecular weight is 243 g/mol. The van der Waals surface area contributed by atoms with Gasteiger partial charge in [0.2, 0.25) is 5.91 Å². The molecular weight excluding hydrogens is 222 g/mol. The highest BCUT2D eigenvalue weighted by Gasteiger charge is 2.40. The molecule has 1 saturated heterocycles. The van der Waals surface area contributed by atoms with E-state index >= 15 is 0 Å². The molecule has 0 aromatic heterocycles. The molecule has 98 valence electrons. The third kappa shape index (κ3) is 3.19. The molecule has 5 nitrogen and oxygen atoms in total. The summed E-state index contributed by atoms with van der Waals surface area (Å²) in [6, 6.07) is 0. The number of ether oxygens (including phenoxy) is 1. The number of hydrogen-bond donors (Lipinski definition) is 2. The molecule has 2 unspecified atom stereocenters. The first-order valence-electron chi connectivity index (χ1n) is 5.83. The third-order valence-corrected chi connectivity index (χ3v) is 3.49. The number of aliphatic carboxylic acids is 1. The summed E-state index contributed by atoms with van der Waals surface area (Å²) < 4.78 is 5.42. The Kier molecular flexibility index (Phi) is 3.81. The van der Waals surface area contributed by atoms with Gasteiger partial charge in [-0.05, 0) is 34.1 Å². The van der Waals surface area contributed by atoms with Gasteiger partial charge in [-0.2, -0.15) is 0 Å². The second-order valence-corrected chi connectivity index (χ2v) is 5.59. The van der Waals surface area contributed by atoms with Crippen LogP contribution in [0.25, 0.3) is 0 Å². The van der Waals surface area contributed by atoms with Crippen molar-refractivity contribution in [2.45, 2.75) is 52.2 Å². The maximum absolute atomic E-state index is 11.8. The first-order valence-corrected chi connectivity index (χ1v) is 5.83. The van der Waals surface area contributed by atoms with Gasteiger partial charge >= 0.3 is 5.97 Å². The van der Waals surface area contributed by atoms with E-state index in [1.165, 1.54) is 0 Å². The predicted molar refractivity (Wildman–Crippen MR) is 62.6 cm³/mol. The monoisotopic (exact) mass is 243 g/mol. The van der Waals surface area contributed by atoms with Crippen LogP contribution in [-0.2, 0) is 14.3 Å². The molecule has 1 rings (SSSR count). The summed E-state index contributed by atoms with van der Waals surface area (Å²) in [6.07, 6.45) is 0.692. The van der Waals surface area contributed by atoms with Crippen LogP contribution in [0.3, 0.4) is 0 Å². The van der Waals surface area contributed by atoms with Gasteiger partial charge in [0.25, 0.3) is 0 Å². The standard InChI is InChI=1S/C12H21NO4/c1-8-12(4,5-6-17-8)13-9(14)7-11(2,3)10(15)16/h8H,5-7H2,1-4H3,(H,13,14)(H,15,16). The fourth-order valence-electron chi connectivity index (χ4n) is 1.84. The number of hydrogen-bond acceptors (Lipinski definition) is 3. The Bertz CT molecular complexity index is 326. The summed E-state index contributed by atoms with van der Waals surface area (Å²) in [5.41, 5.74) is -1.42. The molecule has 1 amide bonds. The lowest BCUT2D eigenvalue weighted by atomic mass is 9.88. The molecule has 0 radical (unpaired) electrons. The molecule has 1 heterocycles. The molecule has 0 aromatic rings. The van der Waals surface area contributed by atoms with Gasteiger partial charge in [0, 0.05) is 13.0 Å². The van der Waals surface area contributed by atoms with Crippen molar-refractivity contribution in [1.29, 1.82) is 0 Å². The summed E-state index contributed by atoms with van der Waals surface area (Å²) in [5, 5.41) is 11.9. The zero-order valence-corrected chi connectivity index (χ0v) is 10.9. The first-order chi connectivity index (χ1) is 7.67. The normalized spacial score (nSPS) is 29.1. The van der Waals surface area contributed by atoms with E-state index in [4.69, 9.17) is 9.84 Å². The fourth-order valence-corrected chi connectivity index (χ4v) is 1.84. The second kappa shape index (κ2) is 4.64. The Hall–Kier alpha value is -1.10. The molecule has 0 spiro atoms. The summed E-state index contributed by atoms with van der Waals surface area (Å²) in [4.78, 5) is 22.8. The second-order valence-electron chi connectivity index (χ2n) is 5.59. The Balaban J connectivity index is 2.59. The van der Waals surface area contributed by atoms with Crippen molar-refractivity contribution < 1.29 is 19.4 Å². The van der Waals surface area contributed by atoms with Gasteiger partial charge < -0.3 is 15.2 Å². The molecule has 2 atom stereocenters. The molecule has 0 saturated carbocycles. The molecule has 5 heteroatoms. The van der Waals surface area contributed by atoms with Crippen molar-refractivity contribution >= 4 is 11.9 Å². The van der Waals surface area contributed by atoms with E-state index < -0.39 is 11.4 Å². The van der Waals surface area contributed by atoms with Crippen LogP contribution >= 0.6 is 0 Å². The Morgan fingerprint density at radius 1 is 1.53 bits per heavy atom. The SMILES string of the molecule is CC1OCCC1(C)NC(=O)CC(C)(C)C(=O)O. The summed E-state index contributed by atoms with van der Waals surface area (Å²) >= 11 is 0. The van der Waals surface area contributed by atoms with Crippen molar-refractivity contribution in [3.63, 3.8) is 0 Å². The lowest BCUT2D eigenvalue weighted by Crippen LogP contribution is -2.51. The molecular formula is C12H21NO4. The Morgan fingerprint density at radius 3 is 2.53 bits per heavy atom. The number of carbonyl (C=O) groups is 2. The van der Waals surface area contributed by atoms with E-state index in [0.717, 1.165) is 6.42 Å². The van der Waals surface area contributed by atoms with Gasteiger partial charge in [-0.25, -0.2) is 0 Å². The first kappa shape index (κ1) is 14.0. The minimum absolute atomic E-state index is 0.0232. The number of nitrogens with one attached hydrogen (secondary N) is 1. The van der Waals surface area contributed by atoms with Gasteiger partial charge in [-0.1, -0.05) is 0 Å². The van der Waals surface area contributed by atoms with Crippen molar-refractivity contribution in [3.05, 3.63) is 0 Å². The zero-order valence-electron chi connectivity index (χ0n) is 10.9. The minimum atomic E-state index is -1.04. The van der Waals surface area contributed by atoms with Crippen LogP contribution < -0.4 is 5.32 Å². The van der Waals surface area contributed by atoms with Crippen molar-refractivity contribution in [3.8, 4) is 0 Å². The van der Waals surface area contributed by atoms with Gasteiger partial charge in [0.15, 0.2) is 0 Å². The van der Waals surface area contributed by atoms with Crippen LogP contribution in [0.2, 0.25) is 0 Å². The van der Waals surface area contributed by atoms with Gasteiger partial charge in [-0.3, -0.25) is 9.59 Å². The van der Waals surface area contributed by atoms with E-state index in [1.807, 2.05) is 13.8 Å². The highest BCUT2D eigenvalue weighted by atomic mass is 16.5. The minimum Gasteiger partial charge on any atom is -0.481 e. The maximum Gasteiger partial charge on any atom is 0.309 e. The lowest BCUT2D eigenvalue weighted by Gasteiger charge is -2.30. The number of rotatable bonds is 4. The highest BCUT2D eigenvalue weighted by molar-refractivity contribution is 5.84. The van der Waals surface area contributed by atoms with Crippen molar-refractivity contribution in [2.24, 2.45) is 5.41 Å². The van der Waals surface area contributed by atoms with Crippen LogP contribution in [0, 0.1) is 5.41 Å². The van der Waals surface area contributed by atoms with Crippen LogP contribution in [0.4, 0.5) is 0 Å². The third-order valence-electron chi connectivity index (χ3n) is 3.49. The van der Waals surface area contributed by atoms with E-state index in [1.54, 1.807) is 13.8 Å². The molecule has 17 heavy (non-hydrogen) atoms. The number of carboxylic acids is 1. The molecule has 0 aromatic carbocycles. The van der Waals surface area contributed by atoms with E-state index in [2.05, 4.69) is 5.32 Å². The quantitative estimate of drug-likeness (QED) is 0.777. The maximum atomic E-state index is 11.8. The van der Waals surface area contributed by atoms with Crippen LogP contribution in [-0.4, -0.2) is 35.2 Å². The summed E-state index contributed by atoms with van der Waals surface area (Å²) in [5.74, 6) is -1.20. The molecule has 0 aliphatic carbocycles. The van der Waals surface area contributed by atoms with Gasteiger partial charge in [-0.15, -0.1) is 0 Å². The van der Waals surface area contributed by atoms with Crippen LogP contribution in [0.15, 0.2) is 0 Å². The fraction of sp³-hybridized carbons (Fsp3) is 0.833. The molecule has 0 bridgehead atoms. The molecule has 1 aliphatic rings. The van der Waals surface area contributed by atoms with Crippen molar-refractivity contribution in [1.82, 2.24) is 5.32 Å². The van der Waals surface area contributed by atoms with Crippen LogP contribution in [0.1, 0.15) is 40.5 Å². The highest BCUT2D eigenvalue weighted by Crippen LogP contribution is 2.27. The van der Waals surface area contributed by atoms with Crippen LogP contribution in [0.5, 0.6) is 0 Å². The molecule has 1 fully saturated rings. The van der Waals surface area contributed by atoms with E-state index in [0.29, 0.717) is 6.61 Å². The average Bonchev–Trinajstić information content (AvgIpc) is 2.44. The zero-order chi connectivity index (χ0) is 13.3. The summed E-state index contributed by atoms with van der Waals surface area (Å²) in [6.45, 7) is 7.56. The number of amides is 1. The van der Waals surface area contributed by atoms with E-state index in [9.17, 15) is 9.59 Å². The van der Waals surface area contributed by atoms with E-state index in [-0.39, 0.29) is 24.0 Å². The predicted octanol–water partition coefficient (Wildman–Crippen LogP) is 1.17. The number of carboxylic acid groups (broad SMARTS) is 1. The summed E-state index contributed by atoms with van der Waals surface area (Å²) in [7, 11) is 0. The molecule has 2 N–H and O–H groups in total. The lowest BCUT2D eigenvalue weighted by molar-refractivity contribution is -0.149. The largest absolute Gasteiger partial charge is 0.481 e. The Labute approximate surface area is 102 Å². The molecule has 1 aliphatic heterocycles. The smallest absolute Gasteiger partial charge is 0.309 e. The van der Waals surface area contributed by atoms with Gasteiger partial charge in [0.1, 0.15) is 0 Å². The van der Waals surface area contributed by atoms with Crippen molar-refractivity contribution in [2.75, 3.05) is 6.61 Å². The number of carbonyl (C=O) groups excluding carboxylic acids is 1. The Morgan fingerprint density at radius 2 is 2.12 bits per heavy atom. The van der Waals surface area contributed by atoms with Gasteiger partial charge in [0.05, 0.1) is 17.1 Å².